The summed E-state index contributed by atoms with van der Waals surface area (Å²) >= 11 is 0. The molecular weight excluding hydrogens is 196 g/mol. The maximum atomic E-state index is 4.69. The second kappa shape index (κ2) is 47.1. The van der Waals surface area contributed by atoms with Crippen molar-refractivity contribution in [2.24, 2.45) is 0 Å². The number of methoxy groups -OCH3 is 1. The van der Waals surface area contributed by atoms with E-state index in [1.807, 2.05) is 52.0 Å². The standard InChI is InChI=1S/C4H10O.2C4H8.C3H8/c1-3-4-5-2;2*1-3-4-2;1-3-2/h3-4H2,1-2H3;2*3-4H,1-2H3;3H2,1-2H3. The van der Waals surface area contributed by atoms with E-state index in [2.05, 4.69) is 20.8 Å². The molecule has 0 amide bonds. The number of ether oxygens (including phenoxy) is 1. The summed E-state index contributed by atoms with van der Waals surface area (Å²) in [5, 5.41) is 0. The lowest BCUT2D eigenvalue weighted by Crippen LogP contribution is -1.80. The Morgan fingerprint density at radius 3 is 1.00 bits per heavy atom. The molecule has 100 valence electrons. The fraction of sp³-hybridized carbons (Fsp3) is 0.733. The van der Waals surface area contributed by atoms with Crippen molar-refractivity contribution in [2.45, 2.75) is 61.3 Å². The lowest BCUT2D eigenvalue weighted by molar-refractivity contribution is 0.199. The van der Waals surface area contributed by atoms with Gasteiger partial charge in [0.05, 0.1) is 0 Å². The molecule has 0 aliphatic carbocycles. The van der Waals surface area contributed by atoms with Crippen LogP contribution in [0.2, 0.25) is 0 Å². The smallest absolute Gasteiger partial charge is 0.0459 e. The van der Waals surface area contributed by atoms with Gasteiger partial charge in [-0.1, -0.05) is 51.5 Å². The van der Waals surface area contributed by atoms with E-state index < -0.39 is 0 Å². The second-order valence-corrected chi connectivity index (χ2v) is 3.03. The first-order chi connectivity index (χ1) is 7.66. The van der Waals surface area contributed by atoms with Gasteiger partial charge in [-0.05, 0) is 34.1 Å². The van der Waals surface area contributed by atoms with E-state index in [0.717, 1.165) is 13.0 Å². The predicted molar refractivity (Wildman–Crippen MR) is 79.1 cm³/mol. The van der Waals surface area contributed by atoms with Crippen LogP contribution in [0.15, 0.2) is 24.3 Å². The van der Waals surface area contributed by atoms with Gasteiger partial charge in [0.2, 0.25) is 0 Å². The molecule has 0 aromatic rings. The zero-order chi connectivity index (χ0) is 13.7. The van der Waals surface area contributed by atoms with Crippen LogP contribution in [-0.2, 0) is 4.74 Å². The molecule has 0 atom stereocenters. The highest BCUT2D eigenvalue weighted by molar-refractivity contribution is 4.68. The van der Waals surface area contributed by atoms with Gasteiger partial charge in [0, 0.05) is 13.7 Å². The Morgan fingerprint density at radius 1 is 0.750 bits per heavy atom. The molecule has 0 fully saturated rings. The van der Waals surface area contributed by atoms with Crippen molar-refractivity contribution < 1.29 is 4.74 Å². The Morgan fingerprint density at radius 2 is 1.00 bits per heavy atom. The topological polar surface area (TPSA) is 9.23 Å². The fourth-order valence-corrected chi connectivity index (χ4v) is 0.204. The Bertz CT molecular complexity index is 84.0. The van der Waals surface area contributed by atoms with E-state index in [4.69, 9.17) is 4.74 Å². The summed E-state index contributed by atoms with van der Waals surface area (Å²) in [6, 6.07) is 0. The zero-order valence-corrected chi connectivity index (χ0v) is 12.8. The van der Waals surface area contributed by atoms with E-state index in [-0.39, 0.29) is 0 Å². The zero-order valence-electron chi connectivity index (χ0n) is 12.8. The summed E-state index contributed by atoms with van der Waals surface area (Å²) in [7, 11) is 1.71. The maximum absolute atomic E-state index is 4.69. The molecule has 0 aromatic heterocycles. The molecule has 0 bridgehead atoms. The van der Waals surface area contributed by atoms with Crippen LogP contribution >= 0.6 is 0 Å². The molecule has 0 N–H and O–H groups in total. The van der Waals surface area contributed by atoms with Crippen molar-refractivity contribution in [2.75, 3.05) is 13.7 Å². The summed E-state index contributed by atoms with van der Waals surface area (Å²) in [5.41, 5.74) is 0. The van der Waals surface area contributed by atoms with Gasteiger partial charge < -0.3 is 4.74 Å². The molecule has 0 unspecified atom stereocenters. The van der Waals surface area contributed by atoms with Crippen LogP contribution in [0.5, 0.6) is 0 Å². The highest BCUT2D eigenvalue weighted by atomic mass is 16.5. The minimum absolute atomic E-state index is 0.889. The lowest BCUT2D eigenvalue weighted by Gasteiger charge is -1.84. The summed E-state index contributed by atoms with van der Waals surface area (Å²) in [4.78, 5) is 0. The van der Waals surface area contributed by atoms with Crippen LogP contribution in [-0.4, -0.2) is 13.7 Å². The first-order valence-electron chi connectivity index (χ1n) is 6.29. The van der Waals surface area contributed by atoms with Gasteiger partial charge in [0.25, 0.3) is 0 Å². The summed E-state index contributed by atoms with van der Waals surface area (Å²) in [6.45, 7) is 15.2. The molecule has 1 nitrogen and oxygen atoms in total. The largest absolute Gasteiger partial charge is 0.385 e. The Hall–Kier alpha value is -0.560. The van der Waals surface area contributed by atoms with Crippen LogP contribution in [0, 0.1) is 0 Å². The van der Waals surface area contributed by atoms with E-state index in [9.17, 15) is 0 Å². The summed E-state index contributed by atoms with van der Waals surface area (Å²) in [5.74, 6) is 0. The van der Waals surface area contributed by atoms with Crippen LogP contribution in [0.4, 0.5) is 0 Å². The highest BCUT2D eigenvalue weighted by Crippen LogP contribution is 1.70. The van der Waals surface area contributed by atoms with Gasteiger partial charge in [0.15, 0.2) is 0 Å². The highest BCUT2D eigenvalue weighted by Gasteiger charge is 1.66. The Kier molecular flexibility index (Phi) is 72.4. The summed E-state index contributed by atoms with van der Waals surface area (Å²) in [6.07, 6.45) is 10.4. The fourth-order valence-electron chi connectivity index (χ4n) is 0.204. The first-order valence-corrected chi connectivity index (χ1v) is 6.29. The normalized spacial score (nSPS) is 8.50. The van der Waals surface area contributed by atoms with E-state index in [1.165, 1.54) is 6.42 Å². The van der Waals surface area contributed by atoms with Crippen molar-refractivity contribution in [3.63, 3.8) is 0 Å². The molecule has 0 heterocycles. The third kappa shape index (κ3) is 176. The van der Waals surface area contributed by atoms with Crippen LogP contribution < -0.4 is 0 Å². The van der Waals surface area contributed by atoms with Crippen molar-refractivity contribution in [1.29, 1.82) is 0 Å². The predicted octanol–water partition coefficient (Wildman–Crippen LogP) is 5.62. The van der Waals surface area contributed by atoms with Crippen molar-refractivity contribution in [3.05, 3.63) is 24.3 Å². The van der Waals surface area contributed by atoms with Gasteiger partial charge in [-0.15, -0.1) is 0 Å². The van der Waals surface area contributed by atoms with Gasteiger partial charge in [-0.3, -0.25) is 0 Å². The third-order valence-corrected chi connectivity index (χ3v) is 1.07. The van der Waals surface area contributed by atoms with Gasteiger partial charge >= 0.3 is 0 Å². The summed E-state index contributed by atoms with van der Waals surface area (Å²) < 4.78 is 4.69. The van der Waals surface area contributed by atoms with Crippen molar-refractivity contribution in [1.82, 2.24) is 0 Å². The number of allylic oxidation sites excluding steroid dienone is 4. The monoisotopic (exact) mass is 230 g/mol. The first kappa shape index (κ1) is 24.6. The van der Waals surface area contributed by atoms with E-state index in [0.29, 0.717) is 0 Å². The van der Waals surface area contributed by atoms with Crippen LogP contribution in [0.3, 0.4) is 0 Å². The molecule has 0 spiro atoms. The molecule has 0 aliphatic rings. The number of hydrogen-bond donors (Lipinski definition) is 0. The second-order valence-electron chi connectivity index (χ2n) is 3.03. The van der Waals surface area contributed by atoms with E-state index >= 15 is 0 Å². The van der Waals surface area contributed by atoms with Crippen molar-refractivity contribution in [3.8, 4) is 0 Å². The molecular formula is C15H34O. The molecule has 0 aliphatic heterocycles. The molecule has 16 heavy (non-hydrogen) atoms. The number of hydrogen-bond acceptors (Lipinski definition) is 1. The molecule has 0 radical (unpaired) electrons. The molecule has 0 saturated carbocycles. The third-order valence-electron chi connectivity index (χ3n) is 1.07. The minimum Gasteiger partial charge on any atom is -0.385 e. The molecule has 0 aromatic carbocycles. The quantitative estimate of drug-likeness (QED) is 0.559. The SMILES string of the molecule is CC=CC.CC=CC.CCC.CCCOC. The lowest BCUT2D eigenvalue weighted by atomic mass is 10.5. The minimum atomic E-state index is 0.889. The molecule has 1 heteroatoms. The maximum Gasteiger partial charge on any atom is 0.0459 e. The van der Waals surface area contributed by atoms with Gasteiger partial charge in [-0.25, -0.2) is 0 Å². The Labute approximate surface area is 105 Å². The molecule has 0 rings (SSSR count). The average molecular weight is 230 g/mol. The van der Waals surface area contributed by atoms with Gasteiger partial charge in [0.1, 0.15) is 0 Å². The average Bonchev–Trinajstić information content (AvgIpc) is 2.32. The van der Waals surface area contributed by atoms with Crippen LogP contribution in [0.25, 0.3) is 0 Å². The number of rotatable bonds is 2. The van der Waals surface area contributed by atoms with Crippen molar-refractivity contribution >= 4 is 0 Å². The van der Waals surface area contributed by atoms with E-state index in [1.54, 1.807) is 7.11 Å². The molecule has 0 saturated heterocycles. The van der Waals surface area contributed by atoms with Crippen LogP contribution in [0.1, 0.15) is 61.3 Å². The van der Waals surface area contributed by atoms with Gasteiger partial charge in [-0.2, -0.15) is 0 Å². The Balaban J connectivity index is -0.0000000610.